The van der Waals surface area contributed by atoms with Crippen LogP contribution in [0.25, 0.3) is 0 Å². The van der Waals surface area contributed by atoms with Crippen molar-refractivity contribution in [1.82, 2.24) is 4.90 Å². The Morgan fingerprint density at radius 1 is 1.33 bits per heavy atom. The van der Waals surface area contributed by atoms with Crippen molar-refractivity contribution in [3.63, 3.8) is 0 Å². The summed E-state index contributed by atoms with van der Waals surface area (Å²) in [7, 11) is 1.71. The molecule has 0 aliphatic heterocycles. The predicted octanol–water partition coefficient (Wildman–Crippen LogP) is 2.13. The molecule has 1 rings (SSSR count). The van der Waals surface area contributed by atoms with Gasteiger partial charge in [0.05, 0.1) is 12.7 Å². The molecule has 0 aliphatic carbocycles. The van der Waals surface area contributed by atoms with Crippen molar-refractivity contribution in [2.24, 2.45) is 0 Å². The standard InChI is InChI=1S/C15H25NO2/c1-12-5-6-13(2)15(9-12)11-16(7-8-18-4)10-14(3)17/h5-6,9,14,17H,7-8,10-11H2,1-4H3. The van der Waals surface area contributed by atoms with E-state index >= 15 is 0 Å². The highest BCUT2D eigenvalue weighted by Crippen LogP contribution is 2.13. The molecule has 0 saturated heterocycles. The topological polar surface area (TPSA) is 32.7 Å². The Hall–Kier alpha value is -0.900. The van der Waals surface area contributed by atoms with Crippen molar-refractivity contribution >= 4 is 0 Å². The number of methoxy groups -OCH3 is 1. The normalized spacial score (nSPS) is 13.0. The Morgan fingerprint density at radius 3 is 2.67 bits per heavy atom. The maximum Gasteiger partial charge on any atom is 0.0639 e. The minimum Gasteiger partial charge on any atom is -0.392 e. The summed E-state index contributed by atoms with van der Waals surface area (Å²) < 4.78 is 5.12. The summed E-state index contributed by atoms with van der Waals surface area (Å²) >= 11 is 0. The summed E-state index contributed by atoms with van der Waals surface area (Å²) in [5.74, 6) is 0. The number of aryl methyl sites for hydroxylation is 2. The van der Waals surface area contributed by atoms with E-state index in [1.165, 1.54) is 16.7 Å². The van der Waals surface area contributed by atoms with E-state index in [2.05, 4.69) is 36.9 Å². The molecule has 0 radical (unpaired) electrons. The predicted molar refractivity (Wildman–Crippen MR) is 74.7 cm³/mol. The second-order valence-corrected chi connectivity index (χ2v) is 5.01. The van der Waals surface area contributed by atoms with Crippen LogP contribution in [-0.4, -0.2) is 42.9 Å². The lowest BCUT2D eigenvalue weighted by Gasteiger charge is -2.24. The van der Waals surface area contributed by atoms with Crippen molar-refractivity contribution in [2.75, 3.05) is 26.8 Å². The van der Waals surface area contributed by atoms with E-state index in [1.807, 2.05) is 6.92 Å². The van der Waals surface area contributed by atoms with Crippen LogP contribution in [0.3, 0.4) is 0 Å². The zero-order valence-corrected chi connectivity index (χ0v) is 11.9. The molecule has 0 amide bonds. The number of hydrogen-bond acceptors (Lipinski definition) is 3. The van der Waals surface area contributed by atoms with Crippen molar-refractivity contribution in [3.8, 4) is 0 Å². The average molecular weight is 251 g/mol. The summed E-state index contributed by atoms with van der Waals surface area (Å²) in [6, 6.07) is 6.51. The van der Waals surface area contributed by atoms with Crippen LogP contribution >= 0.6 is 0 Å². The summed E-state index contributed by atoms with van der Waals surface area (Å²) in [6.45, 7) is 9.14. The van der Waals surface area contributed by atoms with E-state index in [4.69, 9.17) is 4.74 Å². The number of aliphatic hydroxyl groups excluding tert-OH is 1. The van der Waals surface area contributed by atoms with Crippen LogP contribution in [-0.2, 0) is 11.3 Å². The van der Waals surface area contributed by atoms with E-state index in [9.17, 15) is 5.11 Å². The maximum atomic E-state index is 9.54. The van der Waals surface area contributed by atoms with Crippen LogP contribution in [0.15, 0.2) is 18.2 Å². The molecule has 0 saturated carbocycles. The Bertz CT molecular complexity index is 364. The van der Waals surface area contributed by atoms with Gasteiger partial charge in [-0.25, -0.2) is 0 Å². The van der Waals surface area contributed by atoms with Crippen molar-refractivity contribution < 1.29 is 9.84 Å². The monoisotopic (exact) mass is 251 g/mol. The quantitative estimate of drug-likeness (QED) is 0.806. The molecule has 3 heteroatoms. The van der Waals surface area contributed by atoms with Gasteiger partial charge in [0, 0.05) is 26.7 Å². The third-order valence-corrected chi connectivity index (χ3v) is 3.03. The molecule has 0 aliphatic rings. The summed E-state index contributed by atoms with van der Waals surface area (Å²) in [5, 5.41) is 9.54. The Morgan fingerprint density at radius 2 is 2.06 bits per heavy atom. The molecule has 0 fully saturated rings. The molecule has 0 bridgehead atoms. The minimum absolute atomic E-state index is 0.313. The maximum absolute atomic E-state index is 9.54. The average Bonchev–Trinajstić information content (AvgIpc) is 2.30. The van der Waals surface area contributed by atoms with Crippen molar-refractivity contribution in [1.29, 1.82) is 0 Å². The Balaban J connectivity index is 2.71. The zero-order chi connectivity index (χ0) is 13.5. The van der Waals surface area contributed by atoms with Gasteiger partial charge in [-0.1, -0.05) is 23.8 Å². The molecular formula is C15H25NO2. The molecule has 0 aromatic heterocycles. The van der Waals surface area contributed by atoms with Crippen molar-refractivity contribution in [3.05, 3.63) is 34.9 Å². The fraction of sp³-hybridized carbons (Fsp3) is 0.600. The molecule has 0 heterocycles. The SMILES string of the molecule is COCCN(Cc1cc(C)ccc1C)CC(C)O. The molecule has 102 valence electrons. The number of ether oxygens (including phenoxy) is 1. The van der Waals surface area contributed by atoms with Gasteiger partial charge < -0.3 is 9.84 Å². The van der Waals surface area contributed by atoms with Gasteiger partial charge in [0.25, 0.3) is 0 Å². The number of rotatable bonds is 7. The van der Waals surface area contributed by atoms with Crippen LogP contribution in [0.4, 0.5) is 0 Å². The second-order valence-electron chi connectivity index (χ2n) is 5.01. The second kappa shape index (κ2) is 7.52. The number of benzene rings is 1. The van der Waals surface area contributed by atoms with Gasteiger partial charge in [-0.05, 0) is 31.9 Å². The van der Waals surface area contributed by atoms with Gasteiger partial charge in [0.1, 0.15) is 0 Å². The molecule has 18 heavy (non-hydrogen) atoms. The van der Waals surface area contributed by atoms with E-state index < -0.39 is 0 Å². The van der Waals surface area contributed by atoms with Crippen LogP contribution in [0, 0.1) is 13.8 Å². The molecule has 3 nitrogen and oxygen atoms in total. The van der Waals surface area contributed by atoms with Gasteiger partial charge in [0.15, 0.2) is 0 Å². The third-order valence-electron chi connectivity index (χ3n) is 3.03. The number of hydrogen-bond donors (Lipinski definition) is 1. The highest BCUT2D eigenvalue weighted by atomic mass is 16.5. The molecule has 1 N–H and O–H groups in total. The molecular weight excluding hydrogens is 226 g/mol. The first-order chi connectivity index (χ1) is 8.52. The molecule has 0 spiro atoms. The van der Waals surface area contributed by atoms with Gasteiger partial charge in [-0.3, -0.25) is 4.90 Å². The molecule has 1 atom stereocenters. The molecule has 1 unspecified atom stereocenters. The number of aliphatic hydroxyl groups is 1. The van der Waals surface area contributed by atoms with E-state index in [-0.39, 0.29) is 6.10 Å². The molecule has 1 aromatic rings. The van der Waals surface area contributed by atoms with Crippen LogP contribution in [0.1, 0.15) is 23.6 Å². The lowest BCUT2D eigenvalue weighted by molar-refractivity contribution is 0.0938. The first-order valence-corrected chi connectivity index (χ1v) is 6.48. The lowest BCUT2D eigenvalue weighted by atomic mass is 10.1. The van der Waals surface area contributed by atoms with Crippen LogP contribution in [0.2, 0.25) is 0 Å². The van der Waals surface area contributed by atoms with E-state index in [0.717, 1.165) is 13.1 Å². The lowest BCUT2D eigenvalue weighted by Crippen LogP contribution is -2.33. The largest absolute Gasteiger partial charge is 0.392 e. The fourth-order valence-corrected chi connectivity index (χ4v) is 2.04. The summed E-state index contributed by atoms with van der Waals surface area (Å²) in [5.41, 5.74) is 3.90. The molecule has 1 aromatic carbocycles. The Labute approximate surface area is 110 Å². The van der Waals surface area contributed by atoms with Gasteiger partial charge in [0.2, 0.25) is 0 Å². The highest BCUT2D eigenvalue weighted by molar-refractivity contribution is 5.30. The fourth-order valence-electron chi connectivity index (χ4n) is 2.04. The summed E-state index contributed by atoms with van der Waals surface area (Å²) in [6.07, 6.45) is -0.313. The zero-order valence-electron chi connectivity index (χ0n) is 11.9. The Kier molecular flexibility index (Phi) is 6.33. The smallest absolute Gasteiger partial charge is 0.0639 e. The van der Waals surface area contributed by atoms with Gasteiger partial charge >= 0.3 is 0 Å². The van der Waals surface area contributed by atoms with E-state index in [0.29, 0.717) is 13.2 Å². The van der Waals surface area contributed by atoms with Crippen LogP contribution in [0.5, 0.6) is 0 Å². The van der Waals surface area contributed by atoms with Crippen molar-refractivity contribution in [2.45, 2.75) is 33.4 Å². The van der Waals surface area contributed by atoms with Crippen LogP contribution < -0.4 is 0 Å². The summed E-state index contributed by atoms with van der Waals surface area (Å²) in [4.78, 5) is 2.23. The van der Waals surface area contributed by atoms with Gasteiger partial charge in [-0.2, -0.15) is 0 Å². The third kappa shape index (κ3) is 5.17. The first kappa shape index (κ1) is 15.2. The minimum atomic E-state index is -0.313. The van der Waals surface area contributed by atoms with E-state index in [1.54, 1.807) is 7.11 Å². The first-order valence-electron chi connectivity index (χ1n) is 6.48. The highest BCUT2D eigenvalue weighted by Gasteiger charge is 2.10. The number of nitrogens with zero attached hydrogens (tertiary/aromatic N) is 1. The van der Waals surface area contributed by atoms with Gasteiger partial charge in [-0.15, -0.1) is 0 Å².